The Kier molecular flexibility index (Phi) is 3.03. The summed E-state index contributed by atoms with van der Waals surface area (Å²) in [7, 11) is 0. The molecule has 0 saturated heterocycles. The number of furan rings is 1. The van der Waals surface area contributed by atoms with Crippen molar-refractivity contribution in [2.75, 3.05) is 0 Å². The van der Waals surface area contributed by atoms with Crippen LogP contribution in [0.15, 0.2) is 101 Å². The van der Waals surface area contributed by atoms with E-state index in [-0.39, 0.29) is 0 Å². The number of rotatable bonds is 1. The predicted molar refractivity (Wildman–Crippen MR) is 126 cm³/mol. The third-order valence-corrected chi connectivity index (χ3v) is 6.19. The number of benzene rings is 5. The maximum absolute atomic E-state index is 6.44. The topological polar surface area (TPSA) is 28.9 Å². The van der Waals surface area contributed by atoms with Gasteiger partial charge >= 0.3 is 0 Å². The van der Waals surface area contributed by atoms with Crippen molar-refractivity contribution in [3.05, 3.63) is 97.1 Å². The molecule has 0 fully saturated rings. The molecule has 2 heteroatoms. The molecule has 0 bridgehead atoms. The smallest absolute Gasteiger partial charge is 0.145 e. The zero-order valence-electron chi connectivity index (χ0n) is 16.1. The summed E-state index contributed by atoms with van der Waals surface area (Å²) in [4.78, 5) is 3.52. The number of aromatic amines is 1. The largest absolute Gasteiger partial charge is 0.455 e. The molecule has 0 amide bonds. The first-order valence-electron chi connectivity index (χ1n) is 10.2. The van der Waals surface area contributed by atoms with Gasteiger partial charge in [-0.1, -0.05) is 66.7 Å². The standard InChI is InChI=1S/C28H17NO/c1-2-6-17(7-3-1)18-10-12-20-19(16-18)11-15-25-26(20)22-13-14-24-27(28(22)30-25)21-8-4-5-9-23(21)29-24/h1-16,29H. The van der Waals surface area contributed by atoms with E-state index < -0.39 is 0 Å². The number of fused-ring (bicyclic) bond motifs is 9. The molecule has 0 radical (unpaired) electrons. The number of hydrogen-bond donors (Lipinski definition) is 1. The number of para-hydroxylation sites is 1. The van der Waals surface area contributed by atoms with Gasteiger partial charge in [0.15, 0.2) is 0 Å². The minimum absolute atomic E-state index is 0.933. The van der Waals surface area contributed by atoms with Gasteiger partial charge in [-0.15, -0.1) is 0 Å². The van der Waals surface area contributed by atoms with Crippen LogP contribution in [-0.4, -0.2) is 4.98 Å². The number of hydrogen-bond acceptors (Lipinski definition) is 1. The summed E-state index contributed by atoms with van der Waals surface area (Å²) in [6.45, 7) is 0. The summed E-state index contributed by atoms with van der Waals surface area (Å²) < 4.78 is 6.44. The first-order chi connectivity index (χ1) is 14.9. The second kappa shape index (κ2) is 5.74. The summed E-state index contributed by atoms with van der Waals surface area (Å²) in [6, 6.07) is 34.3. The molecule has 0 aliphatic carbocycles. The van der Waals surface area contributed by atoms with Crippen LogP contribution in [0.4, 0.5) is 0 Å². The average Bonchev–Trinajstić information content (AvgIpc) is 3.37. The van der Waals surface area contributed by atoms with Crippen LogP contribution in [0.1, 0.15) is 0 Å². The van der Waals surface area contributed by atoms with E-state index in [0.29, 0.717) is 0 Å². The van der Waals surface area contributed by atoms with Crippen LogP contribution in [0.3, 0.4) is 0 Å². The molecule has 7 rings (SSSR count). The van der Waals surface area contributed by atoms with Gasteiger partial charge in [-0.05, 0) is 52.2 Å². The Labute approximate surface area is 172 Å². The number of aromatic nitrogens is 1. The fourth-order valence-electron chi connectivity index (χ4n) is 4.81. The molecule has 2 heterocycles. The van der Waals surface area contributed by atoms with E-state index in [0.717, 1.165) is 27.6 Å². The molecule has 0 aliphatic heterocycles. The molecule has 0 atom stereocenters. The van der Waals surface area contributed by atoms with Gasteiger partial charge < -0.3 is 9.40 Å². The molecule has 7 aromatic rings. The minimum atomic E-state index is 0.933. The Hall–Kier alpha value is -4.04. The van der Waals surface area contributed by atoms with Gasteiger partial charge in [0.2, 0.25) is 0 Å². The van der Waals surface area contributed by atoms with Crippen molar-refractivity contribution in [2.45, 2.75) is 0 Å². The van der Waals surface area contributed by atoms with E-state index in [4.69, 9.17) is 4.42 Å². The highest BCUT2D eigenvalue weighted by Crippen LogP contribution is 2.40. The molecular weight excluding hydrogens is 366 g/mol. The molecule has 0 unspecified atom stereocenters. The molecule has 140 valence electrons. The van der Waals surface area contributed by atoms with Crippen molar-refractivity contribution in [1.82, 2.24) is 4.98 Å². The predicted octanol–water partition coefficient (Wildman–Crippen LogP) is 8.04. The summed E-state index contributed by atoms with van der Waals surface area (Å²) in [5.74, 6) is 0. The van der Waals surface area contributed by atoms with Crippen molar-refractivity contribution in [3.8, 4) is 11.1 Å². The summed E-state index contributed by atoms with van der Waals surface area (Å²) in [6.07, 6.45) is 0. The van der Waals surface area contributed by atoms with Gasteiger partial charge in [0, 0.05) is 21.7 Å². The fourth-order valence-corrected chi connectivity index (χ4v) is 4.81. The zero-order chi connectivity index (χ0) is 19.7. The Morgan fingerprint density at radius 3 is 2.30 bits per heavy atom. The fraction of sp³-hybridized carbons (Fsp3) is 0. The van der Waals surface area contributed by atoms with Crippen molar-refractivity contribution in [1.29, 1.82) is 0 Å². The lowest BCUT2D eigenvalue weighted by Gasteiger charge is -2.05. The highest BCUT2D eigenvalue weighted by atomic mass is 16.3. The van der Waals surface area contributed by atoms with Crippen molar-refractivity contribution < 1.29 is 4.42 Å². The quantitative estimate of drug-likeness (QED) is 0.305. The van der Waals surface area contributed by atoms with Gasteiger partial charge in [-0.3, -0.25) is 0 Å². The first-order valence-corrected chi connectivity index (χ1v) is 10.2. The van der Waals surface area contributed by atoms with E-state index in [2.05, 4.69) is 102 Å². The third kappa shape index (κ3) is 2.08. The highest BCUT2D eigenvalue weighted by molar-refractivity contribution is 6.27. The lowest BCUT2D eigenvalue weighted by molar-refractivity contribution is 0.673. The van der Waals surface area contributed by atoms with Crippen LogP contribution >= 0.6 is 0 Å². The van der Waals surface area contributed by atoms with Gasteiger partial charge in [0.25, 0.3) is 0 Å². The van der Waals surface area contributed by atoms with Crippen LogP contribution in [0.25, 0.3) is 65.6 Å². The van der Waals surface area contributed by atoms with Crippen LogP contribution < -0.4 is 0 Å². The SMILES string of the molecule is c1ccc(-c2ccc3c(ccc4oc5c(ccc6[nH]c7ccccc7c65)c43)c2)cc1. The van der Waals surface area contributed by atoms with Gasteiger partial charge in [-0.2, -0.15) is 0 Å². The summed E-state index contributed by atoms with van der Waals surface area (Å²) >= 11 is 0. The van der Waals surface area contributed by atoms with Gasteiger partial charge in [-0.25, -0.2) is 0 Å². The molecule has 0 spiro atoms. The lowest BCUT2D eigenvalue weighted by Crippen LogP contribution is -1.80. The number of H-pyrrole nitrogens is 1. The third-order valence-electron chi connectivity index (χ3n) is 6.19. The maximum atomic E-state index is 6.44. The highest BCUT2D eigenvalue weighted by Gasteiger charge is 2.16. The summed E-state index contributed by atoms with van der Waals surface area (Å²) in [5, 5.41) is 7.17. The van der Waals surface area contributed by atoms with E-state index in [1.807, 2.05) is 0 Å². The number of nitrogens with one attached hydrogen (secondary N) is 1. The first kappa shape index (κ1) is 15.8. The Bertz CT molecular complexity index is 1740. The average molecular weight is 383 g/mol. The second-order valence-electron chi connectivity index (χ2n) is 7.88. The summed E-state index contributed by atoms with van der Waals surface area (Å²) in [5.41, 5.74) is 6.60. The Morgan fingerprint density at radius 1 is 0.533 bits per heavy atom. The molecule has 2 nitrogen and oxygen atoms in total. The van der Waals surface area contributed by atoms with Crippen LogP contribution in [0, 0.1) is 0 Å². The molecule has 1 N–H and O–H groups in total. The van der Waals surface area contributed by atoms with Gasteiger partial charge in [0.1, 0.15) is 11.2 Å². The van der Waals surface area contributed by atoms with Crippen molar-refractivity contribution >= 4 is 54.5 Å². The van der Waals surface area contributed by atoms with Crippen LogP contribution in [-0.2, 0) is 0 Å². The minimum Gasteiger partial charge on any atom is -0.455 e. The van der Waals surface area contributed by atoms with Gasteiger partial charge in [0.05, 0.1) is 10.9 Å². The molecule has 2 aromatic heterocycles. The molecule has 0 saturated carbocycles. The molecule has 30 heavy (non-hydrogen) atoms. The van der Waals surface area contributed by atoms with Crippen LogP contribution in [0.5, 0.6) is 0 Å². The molecular formula is C28H17NO. The van der Waals surface area contributed by atoms with Crippen molar-refractivity contribution in [3.63, 3.8) is 0 Å². The van der Waals surface area contributed by atoms with E-state index in [9.17, 15) is 0 Å². The van der Waals surface area contributed by atoms with E-state index >= 15 is 0 Å². The second-order valence-corrected chi connectivity index (χ2v) is 7.88. The maximum Gasteiger partial charge on any atom is 0.145 e. The van der Waals surface area contributed by atoms with Crippen LogP contribution in [0.2, 0.25) is 0 Å². The molecule has 5 aromatic carbocycles. The molecule has 0 aliphatic rings. The zero-order valence-corrected chi connectivity index (χ0v) is 16.1. The van der Waals surface area contributed by atoms with Crippen molar-refractivity contribution in [2.24, 2.45) is 0 Å². The lowest BCUT2D eigenvalue weighted by atomic mass is 9.98. The Balaban J connectivity index is 1.58. The van der Waals surface area contributed by atoms with E-state index in [1.54, 1.807) is 0 Å². The monoisotopic (exact) mass is 383 g/mol. The van der Waals surface area contributed by atoms with E-state index in [1.165, 1.54) is 38.1 Å². The Morgan fingerprint density at radius 2 is 1.37 bits per heavy atom. The normalized spacial score (nSPS) is 12.0.